The van der Waals surface area contributed by atoms with E-state index in [0.29, 0.717) is 5.41 Å². The molecule has 0 radical (unpaired) electrons. The van der Waals surface area contributed by atoms with Crippen molar-refractivity contribution in [1.82, 2.24) is 0 Å². The van der Waals surface area contributed by atoms with E-state index in [0.717, 1.165) is 12.8 Å². The van der Waals surface area contributed by atoms with E-state index in [4.69, 9.17) is 9.47 Å². The van der Waals surface area contributed by atoms with Crippen LogP contribution in [0.3, 0.4) is 0 Å². The molecule has 2 fully saturated rings. The third kappa shape index (κ3) is 0.926. The van der Waals surface area contributed by atoms with Crippen LogP contribution in [0.25, 0.3) is 0 Å². The van der Waals surface area contributed by atoms with Crippen LogP contribution in [0.2, 0.25) is 0 Å². The summed E-state index contributed by atoms with van der Waals surface area (Å²) >= 11 is 0. The molecule has 0 aromatic heterocycles. The van der Waals surface area contributed by atoms with E-state index >= 15 is 0 Å². The first-order valence-electron chi connectivity index (χ1n) is 4.35. The second kappa shape index (κ2) is 2.20. The summed E-state index contributed by atoms with van der Waals surface area (Å²) in [6.45, 7) is 0. The molecule has 0 aromatic carbocycles. The number of ether oxygens (including phenoxy) is 2. The van der Waals surface area contributed by atoms with Gasteiger partial charge in [0, 0.05) is 27.1 Å². The zero-order valence-electron chi connectivity index (χ0n) is 7.35. The maximum atomic E-state index is 5.33. The molecule has 1 spiro atoms. The Hall–Kier alpha value is -0.0800. The van der Waals surface area contributed by atoms with Gasteiger partial charge in [0.25, 0.3) is 0 Å². The molecule has 0 aliphatic heterocycles. The van der Waals surface area contributed by atoms with Crippen LogP contribution >= 0.6 is 0 Å². The maximum Gasteiger partial charge on any atom is 0.168 e. The number of rotatable bonds is 2. The molecule has 2 nitrogen and oxygen atoms in total. The predicted octanol–water partition coefficient (Wildman–Crippen LogP) is 1.94. The van der Waals surface area contributed by atoms with Gasteiger partial charge < -0.3 is 9.47 Å². The molecular formula is C9H16O2. The van der Waals surface area contributed by atoms with Crippen molar-refractivity contribution in [1.29, 1.82) is 0 Å². The number of hydrogen-bond donors (Lipinski definition) is 0. The summed E-state index contributed by atoms with van der Waals surface area (Å²) in [5.74, 6) is -0.208. The lowest BCUT2D eigenvalue weighted by atomic mass is 9.53. The minimum atomic E-state index is -0.208. The van der Waals surface area contributed by atoms with Gasteiger partial charge in [-0.2, -0.15) is 0 Å². The smallest absolute Gasteiger partial charge is 0.168 e. The van der Waals surface area contributed by atoms with Crippen LogP contribution in [0.1, 0.15) is 32.1 Å². The van der Waals surface area contributed by atoms with Gasteiger partial charge in [-0.05, 0) is 18.3 Å². The van der Waals surface area contributed by atoms with Crippen LogP contribution in [0.5, 0.6) is 0 Å². The van der Waals surface area contributed by atoms with Crippen LogP contribution in [-0.2, 0) is 9.47 Å². The Balaban J connectivity index is 1.93. The van der Waals surface area contributed by atoms with Crippen molar-refractivity contribution < 1.29 is 9.47 Å². The lowest BCUT2D eigenvalue weighted by Gasteiger charge is -2.59. The summed E-state index contributed by atoms with van der Waals surface area (Å²) in [7, 11) is 3.49. The van der Waals surface area contributed by atoms with E-state index in [1.807, 2.05) is 0 Å². The molecule has 0 bridgehead atoms. The molecule has 0 saturated heterocycles. The molecule has 0 aromatic rings. The second-order valence-electron chi connectivity index (χ2n) is 4.03. The minimum Gasteiger partial charge on any atom is -0.353 e. The van der Waals surface area contributed by atoms with Gasteiger partial charge in [-0.1, -0.05) is 6.42 Å². The normalized spacial score (nSPS) is 31.1. The average molecular weight is 156 g/mol. The molecule has 0 amide bonds. The highest BCUT2D eigenvalue weighted by Crippen LogP contribution is 2.61. The van der Waals surface area contributed by atoms with E-state index in [1.165, 1.54) is 19.3 Å². The molecule has 0 heterocycles. The van der Waals surface area contributed by atoms with Crippen LogP contribution < -0.4 is 0 Å². The van der Waals surface area contributed by atoms with Crippen molar-refractivity contribution in [3.8, 4) is 0 Å². The number of methoxy groups -OCH3 is 2. The van der Waals surface area contributed by atoms with E-state index in [2.05, 4.69) is 0 Å². The predicted molar refractivity (Wildman–Crippen MR) is 42.3 cm³/mol. The molecule has 64 valence electrons. The molecule has 11 heavy (non-hydrogen) atoms. The van der Waals surface area contributed by atoms with Gasteiger partial charge in [-0.15, -0.1) is 0 Å². The summed E-state index contributed by atoms with van der Waals surface area (Å²) in [6, 6.07) is 0. The highest BCUT2D eigenvalue weighted by Gasteiger charge is 2.58. The van der Waals surface area contributed by atoms with E-state index in [-0.39, 0.29) is 5.79 Å². The summed E-state index contributed by atoms with van der Waals surface area (Å²) in [5.41, 5.74) is 0.631. The molecule has 2 heteroatoms. The quantitative estimate of drug-likeness (QED) is 0.569. The van der Waals surface area contributed by atoms with Crippen LogP contribution in [0.15, 0.2) is 0 Å². The van der Waals surface area contributed by atoms with Crippen molar-refractivity contribution in [2.45, 2.75) is 37.9 Å². The first-order valence-corrected chi connectivity index (χ1v) is 4.35. The molecule has 0 unspecified atom stereocenters. The maximum absolute atomic E-state index is 5.33. The Morgan fingerprint density at radius 2 is 1.55 bits per heavy atom. The minimum absolute atomic E-state index is 0.208. The lowest BCUT2D eigenvalue weighted by Crippen LogP contribution is -2.57. The average Bonchev–Trinajstić information content (AvgIpc) is 1.85. The largest absolute Gasteiger partial charge is 0.353 e. The Bertz CT molecular complexity index is 147. The summed E-state index contributed by atoms with van der Waals surface area (Å²) < 4.78 is 10.7. The van der Waals surface area contributed by atoms with Gasteiger partial charge in [-0.25, -0.2) is 0 Å². The monoisotopic (exact) mass is 156 g/mol. The van der Waals surface area contributed by atoms with Gasteiger partial charge in [-0.3, -0.25) is 0 Å². The molecule has 2 rings (SSSR count). The first kappa shape index (κ1) is 7.56. The standard InChI is InChI=1S/C9H16O2/c1-10-9(11-2)6-8(7-9)4-3-5-8/h3-7H2,1-2H3. The molecule has 2 aliphatic rings. The highest BCUT2D eigenvalue weighted by molar-refractivity contribution is 5.04. The van der Waals surface area contributed by atoms with Gasteiger partial charge in [0.15, 0.2) is 5.79 Å². The van der Waals surface area contributed by atoms with Crippen molar-refractivity contribution in [3.63, 3.8) is 0 Å². The van der Waals surface area contributed by atoms with Gasteiger partial charge >= 0.3 is 0 Å². The summed E-state index contributed by atoms with van der Waals surface area (Å²) in [5, 5.41) is 0. The summed E-state index contributed by atoms with van der Waals surface area (Å²) in [4.78, 5) is 0. The number of hydrogen-bond acceptors (Lipinski definition) is 2. The van der Waals surface area contributed by atoms with Crippen molar-refractivity contribution >= 4 is 0 Å². The SMILES string of the molecule is COC1(OC)CC2(CCC2)C1. The molecular weight excluding hydrogens is 140 g/mol. The lowest BCUT2D eigenvalue weighted by molar-refractivity contribution is -0.311. The van der Waals surface area contributed by atoms with Crippen LogP contribution in [0.4, 0.5) is 0 Å². The Labute approximate surface area is 67.9 Å². The fourth-order valence-electron chi connectivity index (χ4n) is 2.49. The highest BCUT2D eigenvalue weighted by atomic mass is 16.7. The Kier molecular flexibility index (Phi) is 1.52. The summed E-state index contributed by atoms with van der Waals surface area (Å²) in [6.07, 6.45) is 6.42. The zero-order chi connectivity index (χ0) is 7.95. The molecule has 2 saturated carbocycles. The topological polar surface area (TPSA) is 18.5 Å². The van der Waals surface area contributed by atoms with Gasteiger partial charge in [0.05, 0.1) is 0 Å². The van der Waals surface area contributed by atoms with Gasteiger partial charge in [0.1, 0.15) is 0 Å². The molecule has 0 N–H and O–H groups in total. The van der Waals surface area contributed by atoms with E-state index < -0.39 is 0 Å². The molecule has 0 atom stereocenters. The second-order valence-corrected chi connectivity index (χ2v) is 4.03. The fourth-order valence-corrected chi connectivity index (χ4v) is 2.49. The van der Waals surface area contributed by atoms with E-state index in [1.54, 1.807) is 14.2 Å². The van der Waals surface area contributed by atoms with Crippen molar-refractivity contribution in [3.05, 3.63) is 0 Å². The van der Waals surface area contributed by atoms with Crippen molar-refractivity contribution in [2.24, 2.45) is 5.41 Å². The molecule has 2 aliphatic carbocycles. The fraction of sp³-hybridized carbons (Fsp3) is 1.00. The third-order valence-corrected chi connectivity index (χ3v) is 3.45. The van der Waals surface area contributed by atoms with Gasteiger partial charge in [0.2, 0.25) is 0 Å². The Morgan fingerprint density at radius 3 is 1.82 bits per heavy atom. The van der Waals surface area contributed by atoms with E-state index in [9.17, 15) is 0 Å². The van der Waals surface area contributed by atoms with Crippen molar-refractivity contribution in [2.75, 3.05) is 14.2 Å². The first-order chi connectivity index (χ1) is 5.24. The van der Waals surface area contributed by atoms with Crippen LogP contribution in [-0.4, -0.2) is 20.0 Å². The zero-order valence-corrected chi connectivity index (χ0v) is 7.35. The third-order valence-electron chi connectivity index (χ3n) is 3.45. The Morgan fingerprint density at radius 1 is 1.00 bits per heavy atom. The van der Waals surface area contributed by atoms with Crippen LogP contribution in [0, 0.1) is 5.41 Å².